The van der Waals surface area contributed by atoms with Crippen molar-refractivity contribution in [3.05, 3.63) is 76.6 Å². The number of rotatable bonds is 6. The maximum Gasteiger partial charge on any atom is 0.251 e. The lowest BCUT2D eigenvalue weighted by Gasteiger charge is -2.24. The van der Waals surface area contributed by atoms with Gasteiger partial charge in [0.05, 0.1) is 18.8 Å². The molecule has 1 aliphatic heterocycles. The van der Waals surface area contributed by atoms with Gasteiger partial charge in [0.25, 0.3) is 5.56 Å². The Morgan fingerprint density at radius 2 is 2.03 bits per heavy atom. The lowest BCUT2D eigenvalue weighted by Crippen LogP contribution is -2.32. The standard InChI is InChI=1S/C23H24N4O3/c1-30-20-7-3-2-5-17(20)8-9-22(29)27-14-4-6-19(27)23-25-18(15-21(28)26-23)16-10-12-24-13-11-16/h2-3,5,7,10-13,15,19H,4,6,8-9,14H2,1H3,(H,25,26,28). The van der Waals surface area contributed by atoms with Gasteiger partial charge in [0.1, 0.15) is 11.6 Å². The van der Waals surface area contributed by atoms with Crippen molar-refractivity contribution in [1.29, 1.82) is 0 Å². The van der Waals surface area contributed by atoms with Crippen LogP contribution in [0.25, 0.3) is 11.3 Å². The highest BCUT2D eigenvalue weighted by atomic mass is 16.5. The number of aromatic amines is 1. The summed E-state index contributed by atoms with van der Waals surface area (Å²) in [6, 6.07) is 12.6. The minimum atomic E-state index is -0.222. The molecule has 7 nitrogen and oxygen atoms in total. The van der Waals surface area contributed by atoms with Gasteiger partial charge in [-0.25, -0.2) is 4.98 Å². The van der Waals surface area contributed by atoms with Gasteiger partial charge in [0.2, 0.25) is 5.91 Å². The van der Waals surface area contributed by atoms with Crippen molar-refractivity contribution >= 4 is 5.91 Å². The first kappa shape index (κ1) is 19.8. The van der Waals surface area contributed by atoms with Crippen LogP contribution >= 0.6 is 0 Å². The molecule has 1 fully saturated rings. The summed E-state index contributed by atoms with van der Waals surface area (Å²) in [6.07, 6.45) is 5.98. The number of methoxy groups -OCH3 is 1. The van der Waals surface area contributed by atoms with Gasteiger partial charge in [0.15, 0.2) is 0 Å². The molecule has 1 aliphatic rings. The molecule has 0 spiro atoms. The van der Waals surface area contributed by atoms with E-state index in [1.54, 1.807) is 19.5 Å². The molecule has 1 atom stereocenters. The van der Waals surface area contributed by atoms with Gasteiger partial charge in [-0.2, -0.15) is 0 Å². The zero-order valence-corrected chi connectivity index (χ0v) is 16.9. The van der Waals surface area contributed by atoms with Crippen molar-refractivity contribution in [3.63, 3.8) is 0 Å². The molecule has 3 aromatic rings. The number of nitrogens with zero attached hydrogens (tertiary/aromatic N) is 3. The van der Waals surface area contributed by atoms with E-state index in [0.29, 0.717) is 30.9 Å². The first-order chi connectivity index (χ1) is 14.7. The molecule has 0 aliphatic carbocycles. The quantitative estimate of drug-likeness (QED) is 0.682. The zero-order chi connectivity index (χ0) is 20.9. The summed E-state index contributed by atoms with van der Waals surface area (Å²) in [5, 5.41) is 0. The van der Waals surface area contributed by atoms with Gasteiger partial charge in [-0.1, -0.05) is 18.2 Å². The predicted octanol–water partition coefficient (Wildman–Crippen LogP) is 3.14. The lowest BCUT2D eigenvalue weighted by molar-refractivity contribution is -0.132. The first-order valence-corrected chi connectivity index (χ1v) is 10.1. The Hall–Kier alpha value is -3.48. The molecule has 0 bridgehead atoms. The topological polar surface area (TPSA) is 88.2 Å². The van der Waals surface area contributed by atoms with Gasteiger partial charge < -0.3 is 14.6 Å². The number of carbonyl (C=O) groups excluding carboxylic acids is 1. The summed E-state index contributed by atoms with van der Waals surface area (Å²) in [4.78, 5) is 38.6. The Kier molecular flexibility index (Phi) is 5.88. The van der Waals surface area contributed by atoms with Crippen LogP contribution in [0.4, 0.5) is 0 Å². The van der Waals surface area contributed by atoms with Crippen molar-refractivity contribution in [2.24, 2.45) is 0 Å². The third kappa shape index (κ3) is 4.25. The molecular formula is C23H24N4O3. The number of ether oxygens (including phenoxy) is 1. The number of pyridine rings is 1. The number of hydrogen-bond acceptors (Lipinski definition) is 5. The van der Waals surface area contributed by atoms with Crippen molar-refractivity contribution < 1.29 is 9.53 Å². The number of hydrogen-bond donors (Lipinski definition) is 1. The van der Waals surface area contributed by atoms with Crippen LogP contribution in [0.3, 0.4) is 0 Å². The third-order valence-electron chi connectivity index (χ3n) is 5.43. The molecule has 1 saturated heterocycles. The molecule has 2 aromatic heterocycles. The van der Waals surface area contributed by atoms with Gasteiger partial charge >= 0.3 is 0 Å². The number of aryl methyl sites for hydroxylation is 1. The Balaban J connectivity index is 1.53. The second-order valence-corrected chi connectivity index (χ2v) is 7.31. The van der Waals surface area contributed by atoms with E-state index in [-0.39, 0.29) is 17.5 Å². The Morgan fingerprint density at radius 1 is 1.23 bits per heavy atom. The van der Waals surface area contributed by atoms with Gasteiger partial charge in [-0.05, 0) is 43.0 Å². The Morgan fingerprint density at radius 3 is 2.83 bits per heavy atom. The van der Waals surface area contributed by atoms with E-state index in [2.05, 4.69) is 15.0 Å². The Labute approximate surface area is 174 Å². The molecule has 1 amide bonds. The van der Waals surface area contributed by atoms with Crippen molar-refractivity contribution in [3.8, 4) is 17.0 Å². The van der Waals surface area contributed by atoms with Crippen LogP contribution in [0.5, 0.6) is 5.75 Å². The molecule has 1 aromatic carbocycles. The van der Waals surface area contributed by atoms with E-state index in [9.17, 15) is 9.59 Å². The summed E-state index contributed by atoms with van der Waals surface area (Å²) >= 11 is 0. The molecule has 4 rings (SSSR count). The highest BCUT2D eigenvalue weighted by Crippen LogP contribution is 2.31. The van der Waals surface area contributed by atoms with E-state index < -0.39 is 0 Å². The highest BCUT2D eigenvalue weighted by Gasteiger charge is 2.31. The normalized spacial score (nSPS) is 15.9. The van der Waals surface area contributed by atoms with Gasteiger partial charge in [0, 0.05) is 37.0 Å². The minimum Gasteiger partial charge on any atom is -0.496 e. The molecule has 7 heteroatoms. The van der Waals surface area contributed by atoms with Crippen molar-refractivity contribution in [2.75, 3.05) is 13.7 Å². The third-order valence-corrected chi connectivity index (χ3v) is 5.43. The van der Waals surface area contributed by atoms with Crippen LogP contribution in [0.1, 0.15) is 36.7 Å². The zero-order valence-electron chi connectivity index (χ0n) is 16.9. The molecular weight excluding hydrogens is 380 g/mol. The monoisotopic (exact) mass is 404 g/mol. The summed E-state index contributed by atoms with van der Waals surface area (Å²) in [5.41, 5.74) is 2.20. The summed E-state index contributed by atoms with van der Waals surface area (Å²) < 4.78 is 5.38. The summed E-state index contributed by atoms with van der Waals surface area (Å²) in [6.45, 7) is 0.665. The van der Waals surface area contributed by atoms with E-state index in [4.69, 9.17) is 4.74 Å². The van der Waals surface area contributed by atoms with Gasteiger partial charge in [-0.15, -0.1) is 0 Å². The molecule has 3 heterocycles. The SMILES string of the molecule is COc1ccccc1CCC(=O)N1CCCC1c1nc(-c2ccncc2)cc(=O)[nH]1. The fourth-order valence-electron chi connectivity index (χ4n) is 3.95. The predicted molar refractivity (Wildman–Crippen MR) is 113 cm³/mol. The van der Waals surface area contributed by atoms with Crippen LogP contribution in [0.15, 0.2) is 59.7 Å². The smallest absolute Gasteiger partial charge is 0.251 e. The average Bonchev–Trinajstić information content (AvgIpc) is 3.28. The van der Waals surface area contributed by atoms with Crippen LogP contribution in [0, 0.1) is 0 Å². The second kappa shape index (κ2) is 8.90. The number of amides is 1. The second-order valence-electron chi connectivity index (χ2n) is 7.31. The van der Waals surface area contributed by atoms with Crippen LogP contribution in [0.2, 0.25) is 0 Å². The average molecular weight is 404 g/mol. The number of carbonyl (C=O) groups is 1. The van der Waals surface area contributed by atoms with E-state index in [1.807, 2.05) is 41.3 Å². The number of benzene rings is 1. The Bertz CT molecular complexity index is 1080. The fourth-order valence-corrected chi connectivity index (χ4v) is 3.95. The molecule has 0 saturated carbocycles. The molecule has 0 radical (unpaired) electrons. The molecule has 154 valence electrons. The van der Waals surface area contributed by atoms with E-state index >= 15 is 0 Å². The number of nitrogens with one attached hydrogen (secondary N) is 1. The molecule has 30 heavy (non-hydrogen) atoms. The number of para-hydroxylation sites is 1. The molecule has 1 unspecified atom stereocenters. The number of H-pyrrole nitrogens is 1. The summed E-state index contributed by atoms with van der Waals surface area (Å²) in [7, 11) is 1.63. The fraction of sp³-hybridized carbons (Fsp3) is 0.304. The minimum absolute atomic E-state index is 0.0559. The van der Waals surface area contributed by atoms with Gasteiger partial charge in [-0.3, -0.25) is 14.6 Å². The highest BCUT2D eigenvalue weighted by molar-refractivity contribution is 5.77. The number of likely N-dealkylation sites (tertiary alicyclic amines) is 1. The lowest BCUT2D eigenvalue weighted by atomic mass is 10.1. The number of aromatic nitrogens is 3. The maximum absolute atomic E-state index is 13.0. The van der Waals surface area contributed by atoms with Crippen LogP contribution in [-0.2, 0) is 11.2 Å². The van der Waals surface area contributed by atoms with Crippen LogP contribution < -0.4 is 10.3 Å². The maximum atomic E-state index is 13.0. The largest absolute Gasteiger partial charge is 0.496 e. The van der Waals surface area contributed by atoms with Crippen molar-refractivity contribution in [1.82, 2.24) is 19.9 Å². The molecule has 1 N–H and O–H groups in total. The van der Waals surface area contributed by atoms with E-state index in [1.165, 1.54) is 6.07 Å². The van der Waals surface area contributed by atoms with Crippen molar-refractivity contribution in [2.45, 2.75) is 31.7 Å². The summed E-state index contributed by atoms with van der Waals surface area (Å²) in [5.74, 6) is 1.39. The van der Waals surface area contributed by atoms with E-state index in [0.717, 1.165) is 29.7 Å². The van der Waals surface area contributed by atoms with Crippen LogP contribution in [-0.4, -0.2) is 39.4 Å². The first-order valence-electron chi connectivity index (χ1n) is 10.1.